The fraction of sp³-hybridized carbons (Fsp3) is 0.500. The molecule has 1 atom stereocenters. The molecule has 1 aromatic heterocycles. The van der Waals surface area contributed by atoms with E-state index >= 15 is 0 Å². The molecule has 2 heterocycles. The van der Waals surface area contributed by atoms with Gasteiger partial charge in [0.15, 0.2) is 0 Å². The highest BCUT2D eigenvalue weighted by Gasteiger charge is 2.30. The van der Waals surface area contributed by atoms with Crippen LogP contribution in [0.1, 0.15) is 36.3 Å². The molecule has 0 saturated carbocycles. The Balaban J connectivity index is 2.26. The van der Waals surface area contributed by atoms with Crippen LogP contribution in [0.5, 0.6) is 0 Å². The second-order valence-electron chi connectivity index (χ2n) is 4.89. The number of hydrogen-bond acceptors (Lipinski definition) is 3. The second-order valence-corrected chi connectivity index (χ2v) is 5.27. The molecule has 1 aliphatic heterocycles. The van der Waals surface area contributed by atoms with Crippen molar-refractivity contribution in [3.05, 3.63) is 28.5 Å². The van der Waals surface area contributed by atoms with Gasteiger partial charge in [0.25, 0.3) is 5.91 Å². The predicted molar refractivity (Wildman–Crippen MR) is 76.8 cm³/mol. The minimum atomic E-state index is -0.460. The summed E-state index contributed by atoms with van der Waals surface area (Å²) < 4.78 is 0. The molecule has 0 aromatic carbocycles. The first kappa shape index (κ1) is 14.8. The Hall–Kier alpha value is -1.62. The molecule has 0 spiro atoms. The summed E-state index contributed by atoms with van der Waals surface area (Å²) in [5.74, 6) is -0.299. The molecule has 108 valence electrons. The number of amides is 2. The Morgan fingerprint density at radius 3 is 3.00 bits per heavy atom. The third kappa shape index (κ3) is 3.10. The summed E-state index contributed by atoms with van der Waals surface area (Å²) in [6, 6.07) is 2.86. The van der Waals surface area contributed by atoms with Gasteiger partial charge in [0.2, 0.25) is 5.91 Å². The fourth-order valence-electron chi connectivity index (χ4n) is 2.28. The number of rotatable bonds is 3. The van der Waals surface area contributed by atoms with Crippen LogP contribution >= 0.6 is 11.6 Å². The molecule has 2 rings (SSSR count). The van der Waals surface area contributed by atoms with E-state index in [1.54, 1.807) is 24.0 Å². The summed E-state index contributed by atoms with van der Waals surface area (Å²) in [6.07, 6.45) is 1.71. The highest BCUT2D eigenvalue weighted by Crippen LogP contribution is 2.16. The van der Waals surface area contributed by atoms with E-state index in [-0.39, 0.29) is 11.8 Å². The van der Waals surface area contributed by atoms with Crippen LogP contribution in [0.2, 0.25) is 5.15 Å². The van der Waals surface area contributed by atoms with E-state index in [1.165, 1.54) is 0 Å². The van der Waals surface area contributed by atoms with Gasteiger partial charge in [-0.15, -0.1) is 0 Å². The average Bonchev–Trinajstić information content (AvgIpc) is 2.41. The number of carbonyl (C=O) groups is 2. The van der Waals surface area contributed by atoms with Gasteiger partial charge in [-0.1, -0.05) is 24.9 Å². The number of carbonyl (C=O) groups excluding carboxylic acids is 2. The van der Waals surface area contributed by atoms with Crippen LogP contribution in [-0.2, 0) is 11.2 Å². The third-order valence-electron chi connectivity index (χ3n) is 3.36. The highest BCUT2D eigenvalue weighted by atomic mass is 35.5. The Morgan fingerprint density at radius 1 is 1.55 bits per heavy atom. The SMILES string of the molecule is CCCc1cc(C(=O)N2CCNC(=O)C2C)cc(Cl)n1. The van der Waals surface area contributed by atoms with E-state index in [4.69, 9.17) is 11.6 Å². The maximum atomic E-state index is 12.5. The molecule has 20 heavy (non-hydrogen) atoms. The Morgan fingerprint density at radius 2 is 2.30 bits per heavy atom. The number of halogens is 1. The molecule has 0 radical (unpaired) electrons. The number of nitrogens with one attached hydrogen (secondary N) is 1. The molecule has 0 bridgehead atoms. The van der Waals surface area contributed by atoms with E-state index in [1.807, 2.05) is 6.92 Å². The zero-order chi connectivity index (χ0) is 14.7. The van der Waals surface area contributed by atoms with Gasteiger partial charge in [-0.05, 0) is 25.5 Å². The summed E-state index contributed by atoms with van der Waals surface area (Å²) in [4.78, 5) is 29.9. The first-order valence-corrected chi connectivity index (χ1v) is 7.16. The summed E-state index contributed by atoms with van der Waals surface area (Å²) in [6.45, 7) is 4.76. The summed E-state index contributed by atoms with van der Waals surface area (Å²) in [5.41, 5.74) is 1.30. The summed E-state index contributed by atoms with van der Waals surface area (Å²) in [5, 5.41) is 3.05. The van der Waals surface area contributed by atoms with E-state index in [2.05, 4.69) is 10.3 Å². The normalized spacial score (nSPS) is 18.9. The van der Waals surface area contributed by atoms with E-state index < -0.39 is 6.04 Å². The smallest absolute Gasteiger partial charge is 0.254 e. The lowest BCUT2D eigenvalue weighted by molar-refractivity contribution is -0.127. The quantitative estimate of drug-likeness (QED) is 0.863. The molecule has 0 aliphatic carbocycles. The maximum absolute atomic E-state index is 12.5. The van der Waals surface area contributed by atoms with Crippen molar-refractivity contribution >= 4 is 23.4 Å². The van der Waals surface area contributed by atoms with Crippen molar-refractivity contribution in [1.29, 1.82) is 0 Å². The van der Waals surface area contributed by atoms with Crippen molar-refractivity contribution in [3.8, 4) is 0 Å². The van der Waals surface area contributed by atoms with Crippen LogP contribution in [0.4, 0.5) is 0 Å². The fourth-order valence-corrected chi connectivity index (χ4v) is 2.51. The topological polar surface area (TPSA) is 62.3 Å². The van der Waals surface area contributed by atoms with Gasteiger partial charge in [-0.2, -0.15) is 0 Å². The van der Waals surface area contributed by atoms with Crippen molar-refractivity contribution in [2.24, 2.45) is 0 Å². The Bertz CT molecular complexity index is 533. The van der Waals surface area contributed by atoms with Crippen LogP contribution in [-0.4, -0.2) is 40.8 Å². The van der Waals surface area contributed by atoms with Crippen molar-refractivity contribution in [2.75, 3.05) is 13.1 Å². The first-order chi connectivity index (χ1) is 9.52. The van der Waals surface area contributed by atoms with E-state index in [0.717, 1.165) is 18.5 Å². The van der Waals surface area contributed by atoms with Gasteiger partial charge in [-0.3, -0.25) is 9.59 Å². The minimum Gasteiger partial charge on any atom is -0.353 e. The number of piperazine rings is 1. The predicted octanol–water partition coefficient (Wildman–Crippen LogP) is 1.65. The van der Waals surface area contributed by atoms with E-state index in [9.17, 15) is 9.59 Å². The highest BCUT2D eigenvalue weighted by molar-refractivity contribution is 6.29. The molecule has 2 amide bonds. The zero-order valence-corrected chi connectivity index (χ0v) is 12.4. The molecular formula is C14H18ClN3O2. The zero-order valence-electron chi connectivity index (χ0n) is 11.6. The van der Waals surface area contributed by atoms with Crippen molar-refractivity contribution in [3.63, 3.8) is 0 Å². The second kappa shape index (κ2) is 6.22. The third-order valence-corrected chi connectivity index (χ3v) is 3.55. The van der Waals surface area contributed by atoms with Gasteiger partial charge in [-0.25, -0.2) is 4.98 Å². The summed E-state index contributed by atoms with van der Waals surface area (Å²) >= 11 is 5.97. The average molecular weight is 296 g/mol. The van der Waals surface area contributed by atoms with Crippen molar-refractivity contribution in [2.45, 2.75) is 32.7 Å². The van der Waals surface area contributed by atoms with Crippen LogP contribution in [0.15, 0.2) is 12.1 Å². The molecule has 5 nitrogen and oxygen atoms in total. The lowest BCUT2D eigenvalue weighted by Gasteiger charge is -2.32. The lowest BCUT2D eigenvalue weighted by Crippen LogP contribution is -2.55. The van der Waals surface area contributed by atoms with Gasteiger partial charge >= 0.3 is 0 Å². The monoisotopic (exact) mass is 295 g/mol. The van der Waals surface area contributed by atoms with E-state index in [0.29, 0.717) is 23.8 Å². The molecular weight excluding hydrogens is 278 g/mol. The standard InChI is InChI=1S/C14H18ClN3O2/c1-3-4-11-7-10(8-12(15)17-11)14(20)18-6-5-16-13(19)9(18)2/h7-9H,3-6H2,1-2H3,(H,16,19). The maximum Gasteiger partial charge on any atom is 0.254 e. The number of pyridine rings is 1. The van der Waals surface area contributed by atoms with Crippen LogP contribution < -0.4 is 5.32 Å². The number of nitrogens with zero attached hydrogens (tertiary/aromatic N) is 2. The number of aromatic nitrogens is 1. The van der Waals surface area contributed by atoms with Crippen LogP contribution in [0.3, 0.4) is 0 Å². The minimum absolute atomic E-state index is 0.126. The first-order valence-electron chi connectivity index (χ1n) is 6.78. The number of hydrogen-bond donors (Lipinski definition) is 1. The summed E-state index contributed by atoms with van der Waals surface area (Å²) in [7, 11) is 0. The van der Waals surface area contributed by atoms with Gasteiger partial charge < -0.3 is 10.2 Å². The molecule has 6 heteroatoms. The molecule has 1 fully saturated rings. The lowest BCUT2D eigenvalue weighted by atomic mass is 10.1. The van der Waals surface area contributed by atoms with Gasteiger partial charge in [0, 0.05) is 24.3 Å². The molecule has 1 saturated heterocycles. The van der Waals surface area contributed by atoms with Gasteiger partial charge in [0.05, 0.1) is 0 Å². The molecule has 1 aromatic rings. The largest absolute Gasteiger partial charge is 0.353 e. The van der Waals surface area contributed by atoms with Crippen molar-refractivity contribution < 1.29 is 9.59 Å². The van der Waals surface area contributed by atoms with Gasteiger partial charge in [0.1, 0.15) is 11.2 Å². The molecule has 1 N–H and O–H groups in total. The van der Waals surface area contributed by atoms with Crippen molar-refractivity contribution in [1.82, 2.24) is 15.2 Å². The number of aryl methyl sites for hydroxylation is 1. The van der Waals surface area contributed by atoms with Crippen LogP contribution in [0.25, 0.3) is 0 Å². The Kier molecular flexibility index (Phi) is 4.60. The Labute approximate surface area is 123 Å². The van der Waals surface area contributed by atoms with Crippen LogP contribution in [0, 0.1) is 0 Å². The molecule has 1 unspecified atom stereocenters. The molecule has 1 aliphatic rings.